The zero-order valence-electron chi connectivity index (χ0n) is 19.0. The Hall–Kier alpha value is -2.93. The van der Waals surface area contributed by atoms with Crippen molar-refractivity contribution in [2.75, 3.05) is 42.0 Å². The minimum absolute atomic E-state index is 0.283. The summed E-state index contributed by atoms with van der Waals surface area (Å²) in [5.41, 5.74) is 8.55. The number of hydrogen-bond acceptors (Lipinski definition) is 6. The minimum atomic E-state index is -0.429. The first-order valence-electron chi connectivity index (χ1n) is 10.3. The lowest BCUT2D eigenvalue weighted by Crippen LogP contribution is -2.50. The first kappa shape index (κ1) is 22.7. The van der Waals surface area contributed by atoms with Crippen LogP contribution in [-0.2, 0) is 23.2 Å². The number of primary amides is 1. The zero-order valence-corrected chi connectivity index (χ0v) is 19.0. The van der Waals surface area contributed by atoms with Gasteiger partial charge >= 0.3 is 0 Å². The maximum atomic E-state index is 11.8. The molecule has 1 unspecified atom stereocenters. The second-order valence-electron chi connectivity index (χ2n) is 7.90. The van der Waals surface area contributed by atoms with Gasteiger partial charge in [-0.25, -0.2) is 0 Å². The van der Waals surface area contributed by atoms with Gasteiger partial charge < -0.3 is 24.7 Å². The molecule has 0 radical (unpaired) electrons. The number of fused-ring (bicyclic) bond motifs is 1. The van der Waals surface area contributed by atoms with Crippen LogP contribution < -0.4 is 24.7 Å². The van der Waals surface area contributed by atoms with E-state index in [-0.39, 0.29) is 12.3 Å². The lowest BCUT2D eigenvalue weighted by atomic mass is 9.73. The Kier molecular flexibility index (Phi) is 6.95. The molecule has 7 nitrogen and oxygen atoms in total. The molecule has 0 aromatic heterocycles. The second-order valence-corrected chi connectivity index (χ2v) is 7.90. The lowest BCUT2D eigenvalue weighted by Gasteiger charge is -2.47. The Bertz CT molecular complexity index is 946. The largest absolute Gasteiger partial charge is 0.493 e. The van der Waals surface area contributed by atoms with Crippen LogP contribution in [0.3, 0.4) is 0 Å². The molecule has 1 atom stereocenters. The van der Waals surface area contributed by atoms with Crippen molar-refractivity contribution in [3.05, 3.63) is 47.0 Å². The Labute approximate surface area is 184 Å². The summed E-state index contributed by atoms with van der Waals surface area (Å²) in [7, 11) is 8.63. The van der Waals surface area contributed by atoms with E-state index in [9.17, 15) is 4.79 Å². The lowest BCUT2D eigenvalue weighted by molar-refractivity contribution is -0.118. The molecule has 31 heavy (non-hydrogen) atoms. The van der Waals surface area contributed by atoms with Crippen LogP contribution in [0.5, 0.6) is 23.0 Å². The number of amides is 1. The molecule has 1 amide bonds. The van der Waals surface area contributed by atoms with E-state index in [0.717, 1.165) is 24.1 Å². The number of hydrogen-bond donors (Lipinski definition) is 1. The highest BCUT2D eigenvalue weighted by molar-refractivity contribution is 5.74. The van der Waals surface area contributed by atoms with Crippen molar-refractivity contribution in [3.8, 4) is 23.0 Å². The Morgan fingerprint density at radius 2 is 1.58 bits per heavy atom. The Morgan fingerprint density at radius 3 is 2.19 bits per heavy atom. The van der Waals surface area contributed by atoms with Crippen LogP contribution in [0.25, 0.3) is 0 Å². The molecule has 0 saturated carbocycles. The van der Waals surface area contributed by atoms with Crippen molar-refractivity contribution in [2.45, 2.75) is 31.2 Å². The van der Waals surface area contributed by atoms with Gasteiger partial charge in [0.1, 0.15) is 0 Å². The molecule has 2 aromatic carbocycles. The molecule has 1 heterocycles. The number of nitrogens with zero attached hydrogens (tertiary/aromatic N) is 1. The van der Waals surface area contributed by atoms with E-state index in [1.165, 1.54) is 5.56 Å². The fourth-order valence-electron chi connectivity index (χ4n) is 4.57. The summed E-state index contributed by atoms with van der Waals surface area (Å²) in [5.74, 6) is 2.43. The number of likely N-dealkylation sites (N-methyl/N-ethyl adjacent to an activating group) is 1. The molecule has 1 aliphatic heterocycles. The number of ether oxygens (including phenoxy) is 4. The van der Waals surface area contributed by atoms with Gasteiger partial charge in [0.2, 0.25) is 5.91 Å². The summed E-state index contributed by atoms with van der Waals surface area (Å²) in [6.45, 7) is 0.856. The number of benzene rings is 2. The molecule has 3 rings (SSSR count). The predicted octanol–water partition coefficient (Wildman–Crippen LogP) is 2.91. The van der Waals surface area contributed by atoms with Gasteiger partial charge in [-0.2, -0.15) is 0 Å². The fourth-order valence-corrected chi connectivity index (χ4v) is 4.57. The molecule has 0 saturated heterocycles. The highest BCUT2D eigenvalue weighted by atomic mass is 16.5. The molecule has 0 spiro atoms. The predicted molar refractivity (Wildman–Crippen MR) is 119 cm³/mol. The molecule has 2 N–H and O–H groups in total. The smallest absolute Gasteiger partial charge is 0.217 e. The van der Waals surface area contributed by atoms with E-state index in [1.54, 1.807) is 28.4 Å². The highest BCUT2D eigenvalue weighted by Gasteiger charge is 2.42. The van der Waals surface area contributed by atoms with E-state index in [2.05, 4.69) is 18.0 Å². The number of carbonyl (C=O) groups is 1. The molecular weight excluding hydrogens is 396 g/mol. The van der Waals surface area contributed by atoms with E-state index in [4.69, 9.17) is 24.7 Å². The molecule has 7 heteroatoms. The molecule has 1 aliphatic rings. The van der Waals surface area contributed by atoms with Crippen LogP contribution >= 0.6 is 0 Å². The second kappa shape index (κ2) is 9.47. The zero-order chi connectivity index (χ0) is 22.6. The van der Waals surface area contributed by atoms with Gasteiger partial charge in [-0.15, -0.1) is 0 Å². The number of rotatable bonds is 9. The third-order valence-electron chi connectivity index (χ3n) is 6.29. The van der Waals surface area contributed by atoms with E-state index in [1.807, 2.05) is 24.3 Å². The van der Waals surface area contributed by atoms with Crippen molar-refractivity contribution >= 4 is 5.91 Å². The van der Waals surface area contributed by atoms with Crippen molar-refractivity contribution in [1.82, 2.24) is 4.90 Å². The molecule has 0 fully saturated rings. The first-order chi connectivity index (χ1) is 14.9. The van der Waals surface area contributed by atoms with Gasteiger partial charge in [0.05, 0.1) is 34.0 Å². The Balaban J connectivity index is 2.15. The topological polar surface area (TPSA) is 83.2 Å². The average molecular weight is 429 g/mol. The van der Waals surface area contributed by atoms with Crippen molar-refractivity contribution in [1.29, 1.82) is 0 Å². The molecule has 0 aliphatic carbocycles. The number of nitrogens with two attached hydrogens (primary N) is 1. The summed E-state index contributed by atoms with van der Waals surface area (Å²) in [5, 5.41) is 0. The van der Waals surface area contributed by atoms with Crippen molar-refractivity contribution in [2.24, 2.45) is 5.73 Å². The Morgan fingerprint density at radius 1 is 0.968 bits per heavy atom. The summed E-state index contributed by atoms with van der Waals surface area (Å²) < 4.78 is 22.0. The quantitative estimate of drug-likeness (QED) is 0.661. The van der Waals surface area contributed by atoms with E-state index >= 15 is 0 Å². The molecule has 0 bridgehead atoms. The standard InChI is InChI=1S/C24H32N2O5/c1-26-11-9-17-13-21(30-4)22(31-5)14-18(17)24(26,10-8-23(25)27)15-16-6-7-19(28-2)20(12-16)29-3/h6-7,12-14H,8-11,15H2,1-5H3,(H2,25,27). The van der Waals surface area contributed by atoms with Gasteiger partial charge in [-0.05, 0) is 67.3 Å². The summed E-state index contributed by atoms with van der Waals surface area (Å²) >= 11 is 0. The summed E-state index contributed by atoms with van der Waals surface area (Å²) in [6.07, 6.45) is 2.44. The maximum absolute atomic E-state index is 11.8. The van der Waals surface area contributed by atoms with Crippen LogP contribution in [0.1, 0.15) is 29.5 Å². The number of methoxy groups -OCH3 is 4. The highest BCUT2D eigenvalue weighted by Crippen LogP contribution is 2.45. The number of carbonyl (C=O) groups excluding carboxylic acids is 1. The van der Waals surface area contributed by atoms with Crippen molar-refractivity contribution < 1.29 is 23.7 Å². The van der Waals surface area contributed by atoms with E-state index < -0.39 is 5.54 Å². The van der Waals surface area contributed by atoms with Crippen LogP contribution in [0, 0.1) is 0 Å². The van der Waals surface area contributed by atoms with Gasteiger partial charge in [-0.3, -0.25) is 9.69 Å². The van der Waals surface area contributed by atoms with Crippen LogP contribution in [0.15, 0.2) is 30.3 Å². The van der Waals surface area contributed by atoms with Crippen molar-refractivity contribution in [3.63, 3.8) is 0 Å². The van der Waals surface area contributed by atoms with Crippen LogP contribution in [0.4, 0.5) is 0 Å². The van der Waals surface area contributed by atoms with Crippen LogP contribution in [0.2, 0.25) is 0 Å². The normalized spacial score (nSPS) is 18.2. The summed E-state index contributed by atoms with van der Waals surface area (Å²) in [6, 6.07) is 10.0. The molecular formula is C24H32N2O5. The monoisotopic (exact) mass is 428 g/mol. The first-order valence-corrected chi connectivity index (χ1v) is 10.3. The third-order valence-corrected chi connectivity index (χ3v) is 6.29. The van der Waals surface area contributed by atoms with Gasteiger partial charge in [0.15, 0.2) is 23.0 Å². The average Bonchev–Trinajstić information content (AvgIpc) is 2.78. The maximum Gasteiger partial charge on any atom is 0.217 e. The molecule has 2 aromatic rings. The third kappa shape index (κ3) is 4.42. The van der Waals surface area contributed by atoms with E-state index in [0.29, 0.717) is 35.8 Å². The summed E-state index contributed by atoms with van der Waals surface area (Å²) in [4.78, 5) is 14.1. The van der Waals surface area contributed by atoms with Crippen LogP contribution in [-0.4, -0.2) is 52.8 Å². The minimum Gasteiger partial charge on any atom is -0.493 e. The SMILES string of the molecule is COc1ccc(CC2(CCC(N)=O)c3cc(OC)c(OC)cc3CCN2C)cc1OC. The molecule has 168 valence electrons. The van der Waals surface area contributed by atoms with Gasteiger partial charge in [0, 0.05) is 13.0 Å². The van der Waals surface area contributed by atoms with Gasteiger partial charge in [-0.1, -0.05) is 6.07 Å². The fraction of sp³-hybridized carbons (Fsp3) is 0.458. The van der Waals surface area contributed by atoms with Gasteiger partial charge in [0.25, 0.3) is 0 Å².